The Hall–Kier alpha value is -2.29. The van der Waals surface area contributed by atoms with E-state index in [9.17, 15) is 14.9 Å². The topological polar surface area (TPSA) is 78.7 Å². The maximum Gasteiger partial charge on any atom is 0.283 e. The predicted molar refractivity (Wildman–Crippen MR) is 111 cm³/mol. The summed E-state index contributed by atoms with van der Waals surface area (Å²) in [6, 6.07) is 12.2. The molecule has 1 aliphatic rings. The lowest BCUT2D eigenvalue weighted by Crippen LogP contribution is -2.47. The molecule has 1 N–H and O–H groups in total. The normalized spacial score (nSPS) is 18.1. The first-order valence-corrected chi connectivity index (χ1v) is 10.3. The molecule has 0 aliphatic carbocycles. The molecule has 1 aromatic heterocycles. The van der Waals surface area contributed by atoms with E-state index in [2.05, 4.69) is 46.4 Å². The molecule has 2 aromatic rings. The van der Waals surface area contributed by atoms with Crippen LogP contribution in [0.3, 0.4) is 0 Å². The van der Waals surface area contributed by atoms with E-state index in [1.165, 1.54) is 23.0 Å². The average Bonchev–Trinajstić information content (AvgIpc) is 3.09. The summed E-state index contributed by atoms with van der Waals surface area (Å²) in [5, 5.41) is 13.8. The Labute approximate surface area is 169 Å². The highest BCUT2D eigenvalue weighted by Gasteiger charge is 2.26. The molecule has 8 heteroatoms. The lowest BCUT2D eigenvalue weighted by Gasteiger charge is -2.40. The Balaban J connectivity index is 1.51. The molecule has 150 valence electrons. The molecule has 3 rings (SSSR count). The van der Waals surface area contributed by atoms with Gasteiger partial charge >= 0.3 is 0 Å². The molecule has 28 heavy (non-hydrogen) atoms. The predicted octanol–water partition coefficient (Wildman–Crippen LogP) is 3.07. The van der Waals surface area contributed by atoms with Crippen molar-refractivity contribution < 1.29 is 9.72 Å². The first-order chi connectivity index (χ1) is 13.5. The first-order valence-electron chi connectivity index (χ1n) is 9.46. The summed E-state index contributed by atoms with van der Waals surface area (Å²) in [4.78, 5) is 28.5. The van der Waals surface area contributed by atoms with Crippen molar-refractivity contribution in [3.63, 3.8) is 0 Å². The van der Waals surface area contributed by atoms with Gasteiger partial charge in [0.1, 0.15) is 0 Å². The third-order valence-electron chi connectivity index (χ3n) is 5.10. The van der Waals surface area contributed by atoms with E-state index in [0.717, 1.165) is 32.6 Å². The molecule has 1 saturated heterocycles. The van der Waals surface area contributed by atoms with E-state index in [4.69, 9.17) is 0 Å². The van der Waals surface area contributed by atoms with Crippen LogP contribution in [0.25, 0.3) is 0 Å². The van der Waals surface area contributed by atoms with E-state index in [-0.39, 0.29) is 11.6 Å². The lowest BCUT2D eigenvalue weighted by atomic mass is 10.0. The molecule has 2 heterocycles. The lowest BCUT2D eigenvalue weighted by molar-refractivity contribution is -0.385. The van der Waals surface area contributed by atoms with Gasteiger partial charge in [0.2, 0.25) is 0 Å². The molecule has 1 fully saturated rings. The van der Waals surface area contributed by atoms with Crippen LogP contribution in [0.2, 0.25) is 0 Å². The number of carbonyl (C=O) groups excluding carboxylic acids is 1. The van der Waals surface area contributed by atoms with Gasteiger partial charge in [-0.2, -0.15) is 0 Å². The van der Waals surface area contributed by atoms with Gasteiger partial charge in [0, 0.05) is 44.8 Å². The third-order valence-corrected chi connectivity index (χ3v) is 6.14. The number of piperazine rings is 1. The number of likely N-dealkylation sites (N-methyl/N-ethyl adjacent to an activating group) is 1. The molecular weight excluding hydrogens is 376 g/mol. The largest absolute Gasteiger partial charge is 0.351 e. The number of benzene rings is 1. The smallest absolute Gasteiger partial charge is 0.283 e. The van der Waals surface area contributed by atoms with Gasteiger partial charge in [-0.05, 0) is 26.0 Å². The highest BCUT2D eigenvalue weighted by atomic mass is 32.1. The van der Waals surface area contributed by atoms with Crippen LogP contribution in [0, 0.1) is 17.0 Å². The van der Waals surface area contributed by atoms with Crippen LogP contribution in [0.15, 0.2) is 36.4 Å². The van der Waals surface area contributed by atoms with Crippen molar-refractivity contribution in [1.29, 1.82) is 0 Å². The SMILES string of the molecule is Cc1sc(C(=O)NCCCN2CCN(C)CC2c2ccccc2)cc1[N+](=O)[O-]. The van der Waals surface area contributed by atoms with Crippen molar-refractivity contribution >= 4 is 22.9 Å². The highest BCUT2D eigenvalue weighted by Crippen LogP contribution is 2.28. The van der Waals surface area contributed by atoms with E-state index in [1.54, 1.807) is 6.92 Å². The van der Waals surface area contributed by atoms with Crippen LogP contribution in [-0.4, -0.2) is 60.4 Å². The molecule has 7 nitrogen and oxygen atoms in total. The van der Waals surface area contributed by atoms with Crippen molar-refractivity contribution in [3.05, 3.63) is 61.8 Å². The van der Waals surface area contributed by atoms with Crippen LogP contribution in [0.4, 0.5) is 5.69 Å². The van der Waals surface area contributed by atoms with Gasteiger partial charge in [-0.15, -0.1) is 11.3 Å². The summed E-state index contributed by atoms with van der Waals surface area (Å²) in [6.45, 7) is 6.15. The van der Waals surface area contributed by atoms with Crippen LogP contribution < -0.4 is 5.32 Å². The number of nitro groups is 1. The summed E-state index contributed by atoms with van der Waals surface area (Å²) in [5.41, 5.74) is 1.33. The zero-order valence-corrected chi connectivity index (χ0v) is 17.1. The fourth-order valence-electron chi connectivity index (χ4n) is 3.55. The van der Waals surface area contributed by atoms with Crippen LogP contribution in [0.1, 0.15) is 32.6 Å². The second-order valence-corrected chi connectivity index (χ2v) is 8.40. The fraction of sp³-hybridized carbons (Fsp3) is 0.450. The molecule has 0 bridgehead atoms. The van der Waals surface area contributed by atoms with Gasteiger partial charge in [-0.1, -0.05) is 30.3 Å². The third kappa shape index (κ3) is 4.95. The minimum absolute atomic E-state index is 0.0123. The average molecular weight is 403 g/mol. The Bertz CT molecular complexity index is 824. The second kappa shape index (κ2) is 9.27. The summed E-state index contributed by atoms with van der Waals surface area (Å²) in [5.74, 6) is -0.237. The number of nitrogens with one attached hydrogen (secondary N) is 1. The highest BCUT2D eigenvalue weighted by molar-refractivity contribution is 7.14. The van der Waals surface area contributed by atoms with Gasteiger partial charge in [0.25, 0.3) is 11.6 Å². The van der Waals surface area contributed by atoms with Gasteiger partial charge < -0.3 is 10.2 Å². The van der Waals surface area contributed by atoms with Crippen LogP contribution >= 0.6 is 11.3 Å². The van der Waals surface area contributed by atoms with Crippen molar-refractivity contribution in [2.45, 2.75) is 19.4 Å². The van der Waals surface area contributed by atoms with Crippen LogP contribution in [0.5, 0.6) is 0 Å². The maximum atomic E-state index is 12.3. The van der Waals surface area contributed by atoms with E-state index in [0.29, 0.717) is 22.3 Å². The molecule has 0 spiro atoms. The van der Waals surface area contributed by atoms with E-state index in [1.807, 2.05) is 6.07 Å². The Kier molecular flexibility index (Phi) is 6.77. The van der Waals surface area contributed by atoms with E-state index < -0.39 is 4.92 Å². The zero-order valence-electron chi connectivity index (χ0n) is 16.3. The first kappa shape index (κ1) is 20.4. The Morgan fingerprint density at radius 3 is 2.75 bits per heavy atom. The number of amides is 1. The Morgan fingerprint density at radius 1 is 1.32 bits per heavy atom. The molecular formula is C20H26N4O3S. The molecule has 1 unspecified atom stereocenters. The van der Waals surface area contributed by atoms with Crippen molar-refractivity contribution in [2.75, 3.05) is 39.8 Å². The van der Waals surface area contributed by atoms with Gasteiger partial charge in [-0.3, -0.25) is 19.8 Å². The number of carbonyl (C=O) groups is 1. The monoisotopic (exact) mass is 402 g/mol. The minimum atomic E-state index is -0.445. The van der Waals surface area contributed by atoms with Crippen LogP contribution in [-0.2, 0) is 0 Å². The fourth-order valence-corrected chi connectivity index (χ4v) is 4.46. The standard InChI is InChI=1S/C20H26N4O3S/c1-15-17(24(26)27)13-19(28-15)20(25)21-9-6-10-23-12-11-22(2)14-18(23)16-7-4-3-5-8-16/h3-5,7-8,13,18H,6,9-12,14H2,1-2H3,(H,21,25). The maximum absolute atomic E-state index is 12.3. The molecule has 1 aromatic carbocycles. The van der Waals surface area contributed by atoms with Gasteiger partial charge in [0.05, 0.1) is 14.7 Å². The zero-order chi connectivity index (χ0) is 20.1. The number of hydrogen-bond acceptors (Lipinski definition) is 6. The number of nitrogens with zero attached hydrogens (tertiary/aromatic N) is 3. The number of rotatable bonds is 7. The molecule has 0 radical (unpaired) electrons. The minimum Gasteiger partial charge on any atom is -0.351 e. The molecule has 0 saturated carbocycles. The van der Waals surface area contributed by atoms with Crippen molar-refractivity contribution in [2.24, 2.45) is 0 Å². The molecule has 1 amide bonds. The summed E-state index contributed by atoms with van der Waals surface area (Å²) < 4.78 is 0. The summed E-state index contributed by atoms with van der Waals surface area (Å²) in [7, 11) is 2.15. The number of aryl methyl sites for hydroxylation is 1. The number of thiophene rings is 1. The quantitative estimate of drug-likeness (QED) is 0.437. The van der Waals surface area contributed by atoms with Crippen molar-refractivity contribution in [1.82, 2.24) is 15.1 Å². The van der Waals surface area contributed by atoms with Gasteiger partial charge in [-0.25, -0.2) is 0 Å². The van der Waals surface area contributed by atoms with Crippen molar-refractivity contribution in [3.8, 4) is 0 Å². The molecule has 1 aliphatic heterocycles. The van der Waals surface area contributed by atoms with Gasteiger partial charge in [0.15, 0.2) is 0 Å². The Morgan fingerprint density at radius 2 is 2.07 bits per heavy atom. The summed E-state index contributed by atoms with van der Waals surface area (Å²) in [6.07, 6.45) is 0.839. The second-order valence-electron chi connectivity index (χ2n) is 7.14. The molecule has 1 atom stereocenters. The van der Waals surface area contributed by atoms with E-state index >= 15 is 0 Å². The summed E-state index contributed by atoms with van der Waals surface area (Å²) >= 11 is 1.17. The number of hydrogen-bond donors (Lipinski definition) is 1.